The van der Waals surface area contributed by atoms with Gasteiger partial charge in [0.1, 0.15) is 0 Å². The molecule has 19 heavy (non-hydrogen) atoms. The van der Waals surface area contributed by atoms with E-state index in [1.807, 2.05) is 12.1 Å². The van der Waals surface area contributed by atoms with Crippen molar-refractivity contribution >= 4 is 17.3 Å². The molecule has 1 amide bonds. The Balaban J connectivity index is 2.03. The molecule has 4 heteroatoms. The van der Waals surface area contributed by atoms with Gasteiger partial charge in [-0.2, -0.15) is 0 Å². The van der Waals surface area contributed by atoms with E-state index in [9.17, 15) is 4.79 Å². The van der Waals surface area contributed by atoms with Crippen molar-refractivity contribution in [3.63, 3.8) is 0 Å². The Labute approximate surface area is 115 Å². The Morgan fingerprint density at radius 2 is 2.16 bits per heavy atom. The summed E-state index contributed by atoms with van der Waals surface area (Å²) in [5.74, 6) is 0.0866. The van der Waals surface area contributed by atoms with Gasteiger partial charge in [-0.15, -0.1) is 0 Å². The zero-order valence-corrected chi connectivity index (χ0v) is 12.0. The number of hydrogen-bond donors (Lipinski definition) is 2. The molecule has 1 aliphatic heterocycles. The maximum absolute atomic E-state index is 12.1. The fourth-order valence-electron chi connectivity index (χ4n) is 2.19. The predicted octanol–water partition coefficient (Wildman–Crippen LogP) is 2.22. The van der Waals surface area contributed by atoms with Crippen molar-refractivity contribution < 1.29 is 4.79 Å². The lowest BCUT2D eigenvalue weighted by Crippen LogP contribution is -2.48. The van der Waals surface area contributed by atoms with E-state index in [1.54, 1.807) is 0 Å². The minimum absolute atomic E-state index is 0.0866. The van der Waals surface area contributed by atoms with Crippen LogP contribution in [0.25, 0.3) is 0 Å². The zero-order valence-electron chi connectivity index (χ0n) is 12.0. The maximum Gasteiger partial charge on any atom is 0.239 e. The SMILES string of the molecule is CCC(C)(C)NC(=O)CN1CCNc2ccccc21. The molecule has 0 atom stereocenters. The van der Waals surface area contributed by atoms with Crippen molar-refractivity contribution in [2.24, 2.45) is 0 Å². The zero-order chi connectivity index (χ0) is 13.9. The highest BCUT2D eigenvalue weighted by atomic mass is 16.2. The van der Waals surface area contributed by atoms with Crippen molar-refractivity contribution in [3.05, 3.63) is 24.3 Å². The summed E-state index contributed by atoms with van der Waals surface area (Å²) in [5.41, 5.74) is 2.08. The number of amides is 1. The second-order valence-corrected chi connectivity index (χ2v) is 5.65. The van der Waals surface area contributed by atoms with E-state index in [4.69, 9.17) is 0 Å². The van der Waals surface area contributed by atoms with Crippen LogP contribution < -0.4 is 15.5 Å². The minimum atomic E-state index is -0.134. The van der Waals surface area contributed by atoms with Gasteiger partial charge in [-0.05, 0) is 32.4 Å². The Morgan fingerprint density at radius 3 is 2.89 bits per heavy atom. The molecule has 0 saturated heterocycles. The van der Waals surface area contributed by atoms with Gasteiger partial charge >= 0.3 is 0 Å². The van der Waals surface area contributed by atoms with Gasteiger partial charge in [-0.3, -0.25) is 4.79 Å². The van der Waals surface area contributed by atoms with E-state index in [0.717, 1.165) is 30.9 Å². The molecule has 0 radical (unpaired) electrons. The quantitative estimate of drug-likeness (QED) is 0.873. The van der Waals surface area contributed by atoms with E-state index in [2.05, 4.69) is 48.4 Å². The lowest BCUT2D eigenvalue weighted by Gasteiger charge is -2.33. The average molecular weight is 261 g/mol. The van der Waals surface area contributed by atoms with Gasteiger partial charge in [0.2, 0.25) is 5.91 Å². The van der Waals surface area contributed by atoms with E-state index < -0.39 is 0 Å². The molecule has 1 aliphatic rings. The molecule has 0 unspecified atom stereocenters. The summed E-state index contributed by atoms with van der Waals surface area (Å²) < 4.78 is 0. The van der Waals surface area contributed by atoms with Crippen molar-refractivity contribution in [3.8, 4) is 0 Å². The molecule has 4 nitrogen and oxygen atoms in total. The van der Waals surface area contributed by atoms with Gasteiger partial charge in [0.25, 0.3) is 0 Å². The molecule has 0 saturated carbocycles. The van der Waals surface area contributed by atoms with Crippen LogP contribution in [0, 0.1) is 0 Å². The first-order chi connectivity index (χ1) is 9.02. The molecular formula is C15H23N3O. The van der Waals surface area contributed by atoms with Crippen LogP contribution in [0.2, 0.25) is 0 Å². The number of nitrogens with one attached hydrogen (secondary N) is 2. The highest BCUT2D eigenvalue weighted by Gasteiger charge is 2.22. The molecule has 104 valence electrons. The number of carbonyl (C=O) groups excluding carboxylic acids is 1. The Morgan fingerprint density at radius 1 is 1.42 bits per heavy atom. The van der Waals surface area contributed by atoms with Crippen LogP contribution in [0.4, 0.5) is 11.4 Å². The van der Waals surface area contributed by atoms with Crippen LogP contribution in [-0.4, -0.2) is 31.1 Å². The van der Waals surface area contributed by atoms with Crippen LogP contribution in [-0.2, 0) is 4.79 Å². The summed E-state index contributed by atoms with van der Waals surface area (Å²) in [6.45, 7) is 8.34. The van der Waals surface area contributed by atoms with Crippen LogP contribution in [0.1, 0.15) is 27.2 Å². The standard InChI is InChI=1S/C15H23N3O/c1-4-15(2,3)17-14(19)11-18-10-9-16-12-7-5-6-8-13(12)18/h5-8,16H,4,9-11H2,1-3H3,(H,17,19). The topological polar surface area (TPSA) is 44.4 Å². The predicted molar refractivity (Wildman–Crippen MR) is 79.7 cm³/mol. The minimum Gasteiger partial charge on any atom is -0.382 e. The average Bonchev–Trinajstić information content (AvgIpc) is 2.38. The van der Waals surface area contributed by atoms with Crippen molar-refractivity contribution in [1.82, 2.24) is 5.32 Å². The third-order valence-corrected chi connectivity index (χ3v) is 3.64. The van der Waals surface area contributed by atoms with Crippen molar-refractivity contribution in [2.75, 3.05) is 29.9 Å². The Bertz CT molecular complexity index is 456. The summed E-state index contributed by atoms with van der Waals surface area (Å²) in [4.78, 5) is 14.3. The second-order valence-electron chi connectivity index (χ2n) is 5.65. The number of benzene rings is 1. The summed E-state index contributed by atoms with van der Waals surface area (Å²) >= 11 is 0. The fraction of sp³-hybridized carbons (Fsp3) is 0.533. The number of hydrogen-bond acceptors (Lipinski definition) is 3. The maximum atomic E-state index is 12.1. The lowest BCUT2D eigenvalue weighted by molar-refractivity contribution is -0.121. The molecule has 1 aromatic carbocycles. The highest BCUT2D eigenvalue weighted by Crippen LogP contribution is 2.27. The van der Waals surface area contributed by atoms with Gasteiger partial charge in [0.15, 0.2) is 0 Å². The van der Waals surface area contributed by atoms with Gasteiger partial charge in [0.05, 0.1) is 17.9 Å². The smallest absolute Gasteiger partial charge is 0.239 e. The van der Waals surface area contributed by atoms with Crippen molar-refractivity contribution in [1.29, 1.82) is 0 Å². The number of anilines is 2. The largest absolute Gasteiger partial charge is 0.382 e. The third-order valence-electron chi connectivity index (χ3n) is 3.64. The van der Waals surface area contributed by atoms with Gasteiger partial charge in [-0.25, -0.2) is 0 Å². The molecule has 2 N–H and O–H groups in total. The van der Waals surface area contributed by atoms with Crippen LogP contribution >= 0.6 is 0 Å². The molecule has 0 bridgehead atoms. The Kier molecular flexibility index (Phi) is 3.98. The fourth-order valence-corrected chi connectivity index (χ4v) is 2.19. The summed E-state index contributed by atoms with van der Waals surface area (Å²) in [6.07, 6.45) is 0.927. The summed E-state index contributed by atoms with van der Waals surface area (Å²) in [7, 11) is 0. The van der Waals surface area contributed by atoms with Crippen LogP contribution in [0.3, 0.4) is 0 Å². The number of fused-ring (bicyclic) bond motifs is 1. The highest BCUT2D eigenvalue weighted by molar-refractivity contribution is 5.84. The number of carbonyl (C=O) groups is 1. The van der Waals surface area contributed by atoms with Gasteiger partial charge in [0, 0.05) is 18.6 Å². The normalized spacial score (nSPS) is 14.6. The molecular weight excluding hydrogens is 238 g/mol. The lowest BCUT2D eigenvalue weighted by atomic mass is 10.0. The van der Waals surface area contributed by atoms with Crippen LogP contribution in [0.15, 0.2) is 24.3 Å². The molecule has 1 heterocycles. The first kappa shape index (κ1) is 13.7. The molecule has 2 rings (SSSR count). The molecule has 1 aromatic rings. The first-order valence-electron chi connectivity index (χ1n) is 6.91. The third kappa shape index (κ3) is 3.40. The number of rotatable bonds is 4. The number of para-hydroxylation sites is 2. The molecule has 0 aliphatic carbocycles. The van der Waals surface area contributed by atoms with E-state index >= 15 is 0 Å². The Hall–Kier alpha value is -1.71. The monoisotopic (exact) mass is 261 g/mol. The van der Waals surface area contributed by atoms with E-state index in [0.29, 0.717) is 6.54 Å². The second kappa shape index (κ2) is 5.51. The number of nitrogens with zero attached hydrogens (tertiary/aromatic N) is 1. The molecule has 0 fully saturated rings. The van der Waals surface area contributed by atoms with Crippen LogP contribution in [0.5, 0.6) is 0 Å². The van der Waals surface area contributed by atoms with E-state index in [-0.39, 0.29) is 11.4 Å². The van der Waals surface area contributed by atoms with Gasteiger partial charge < -0.3 is 15.5 Å². The van der Waals surface area contributed by atoms with E-state index in [1.165, 1.54) is 0 Å². The molecule has 0 aromatic heterocycles. The summed E-state index contributed by atoms with van der Waals surface area (Å²) in [6, 6.07) is 8.12. The first-order valence-corrected chi connectivity index (χ1v) is 6.91. The molecule has 0 spiro atoms. The van der Waals surface area contributed by atoms with Crippen molar-refractivity contribution in [2.45, 2.75) is 32.7 Å². The van der Waals surface area contributed by atoms with Gasteiger partial charge in [-0.1, -0.05) is 19.1 Å². The summed E-state index contributed by atoms with van der Waals surface area (Å²) in [5, 5.41) is 6.43.